The number of aldehydes is 1. The van der Waals surface area contributed by atoms with Crippen molar-refractivity contribution in [3.63, 3.8) is 0 Å². The van der Waals surface area contributed by atoms with E-state index in [1.54, 1.807) is 16.8 Å². The van der Waals surface area contributed by atoms with Crippen LogP contribution in [0.4, 0.5) is 4.39 Å². The molecule has 2 aliphatic rings. The van der Waals surface area contributed by atoms with Crippen LogP contribution in [-0.2, 0) is 14.4 Å². The number of allylic oxidation sites excluding steroid dienone is 3. The Morgan fingerprint density at radius 1 is 1.31 bits per heavy atom. The molecule has 1 aromatic rings. The third-order valence-electron chi connectivity index (χ3n) is 5.35. The van der Waals surface area contributed by atoms with Crippen LogP contribution in [0.2, 0.25) is 0 Å². The number of carbonyl (C=O) groups excluding carboxylic acids is 3. The van der Waals surface area contributed by atoms with E-state index in [1.807, 2.05) is 0 Å². The molecule has 0 spiro atoms. The molecule has 5 N–H and O–H groups in total. The second-order valence-corrected chi connectivity index (χ2v) is 7.85. The summed E-state index contributed by atoms with van der Waals surface area (Å²) in [5, 5.41) is 2.53. The first-order valence-corrected chi connectivity index (χ1v) is 10.3. The van der Waals surface area contributed by atoms with Gasteiger partial charge in [-0.05, 0) is 43.9 Å². The molecule has 3 rings (SSSR count). The van der Waals surface area contributed by atoms with Crippen LogP contribution in [0.5, 0.6) is 0 Å². The van der Waals surface area contributed by atoms with Gasteiger partial charge in [0.1, 0.15) is 23.6 Å². The van der Waals surface area contributed by atoms with Crippen molar-refractivity contribution in [3.05, 3.63) is 59.1 Å². The Hall–Kier alpha value is -3.69. The molecule has 170 valence electrons. The lowest BCUT2D eigenvalue weighted by Gasteiger charge is -2.33. The highest BCUT2D eigenvalue weighted by Crippen LogP contribution is 2.29. The normalized spacial score (nSPS) is 17.2. The lowest BCUT2D eigenvalue weighted by Crippen LogP contribution is -2.45. The highest BCUT2D eigenvalue weighted by Gasteiger charge is 2.35. The summed E-state index contributed by atoms with van der Waals surface area (Å²) in [6, 6.07) is 1.41. The molecule has 1 saturated carbocycles. The molecular formula is C22H27FN6O3. The number of rotatable bonds is 8. The molecular weight excluding hydrogens is 415 g/mol. The molecule has 2 amide bonds. The maximum Gasteiger partial charge on any atom is 0.270 e. The zero-order chi connectivity index (χ0) is 23.3. The monoisotopic (exact) mass is 442 g/mol. The van der Waals surface area contributed by atoms with E-state index in [1.165, 1.54) is 24.4 Å². The maximum absolute atomic E-state index is 13.3. The molecule has 1 aliphatic heterocycles. The highest BCUT2D eigenvalue weighted by atomic mass is 19.1. The molecule has 0 unspecified atom stereocenters. The van der Waals surface area contributed by atoms with Crippen LogP contribution in [0.1, 0.15) is 31.2 Å². The van der Waals surface area contributed by atoms with Gasteiger partial charge in [-0.15, -0.1) is 0 Å². The number of pyridine rings is 1. The number of amides is 2. The summed E-state index contributed by atoms with van der Waals surface area (Å²) in [4.78, 5) is 44.0. The molecule has 0 aromatic carbocycles. The Labute approximate surface area is 185 Å². The largest absolute Gasteiger partial charge is 0.398 e. The van der Waals surface area contributed by atoms with E-state index in [4.69, 9.17) is 11.5 Å². The first-order chi connectivity index (χ1) is 15.3. The molecule has 1 aromatic heterocycles. The van der Waals surface area contributed by atoms with Crippen molar-refractivity contribution < 1.29 is 18.8 Å². The number of hydrogen-bond acceptors (Lipinski definition) is 7. The number of likely N-dealkylation sites (N-methyl/N-ethyl adjacent to an activating group) is 1. The number of nitrogens with zero attached hydrogens (tertiary/aromatic N) is 3. The molecule has 0 atom stereocenters. The first-order valence-electron chi connectivity index (χ1n) is 10.3. The number of carbonyl (C=O) groups is 3. The number of aromatic nitrogens is 1. The molecule has 0 radical (unpaired) electrons. The van der Waals surface area contributed by atoms with Crippen molar-refractivity contribution in [2.75, 3.05) is 20.1 Å². The number of hydrogen-bond donors (Lipinski definition) is 3. The zero-order valence-electron chi connectivity index (χ0n) is 17.9. The number of nitrogens with one attached hydrogen (secondary N) is 1. The fourth-order valence-corrected chi connectivity index (χ4v) is 3.49. The van der Waals surface area contributed by atoms with Gasteiger partial charge in [-0.3, -0.25) is 19.4 Å². The lowest BCUT2D eigenvalue weighted by atomic mass is 10.0. The van der Waals surface area contributed by atoms with Gasteiger partial charge in [0.15, 0.2) is 0 Å². The second kappa shape index (κ2) is 10.1. The summed E-state index contributed by atoms with van der Waals surface area (Å²) in [6.45, 7) is 0.353. The Morgan fingerprint density at radius 3 is 2.72 bits per heavy atom. The van der Waals surface area contributed by atoms with Gasteiger partial charge >= 0.3 is 0 Å². The Morgan fingerprint density at radius 2 is 2.06 bits per heavy atom. The summed E-state index contributed by atoms with van der Waals surface area (Å²) in [5.74, 6) is -1.18. The first kappa shape index (κ1) is 23.0. The van der Waals surface area contributed by atoms with Crippen molar-refractivity contribution in [2.24, 2.45) is 11.5 Å². The van der Waals surface area contributed by atoms with Crippen molar-refractivity contribution in [3.8, 4) is 0 Å². The summed E-state index contributed by atoms with van der Waals surface area (Å²) in [5.41, 5.74) is 13.0. The standard InChI is InChI=1S/C22H27FN6O3/c1-28(17-4-5-17)22(32)21-14(13-30)3-2-8-29(21)12-20(31)27-19(25)7-6-18(24)15-9-16(23)11-26-10-15/h6-7,9-11,13,17H,2-5,8,12,24-25H2,1H3,(H,27,31)/b18-6-,19-7+. The van der Waals surface area contributed by atoms with Gasteiger partial charge in [-0.2, -0.15) is 0 Å². The quantitative estimate of drug-likeness (QED) is 0.396. The van der Waals surface area contributed by atoms with E-state index in [-0.39, 0.29) is 35.7 Å². The van der Waals surface area contributed by atoms with E-state index in [0.717, 1.165) is 19.0 Å². The van der Waals surface area contributed by atoms with E-state index in [9.17, 15) is 18.8 Å². The van der Waals surface area contributed by atoms with Crippen LogP contribution in [0.25, 0.3) is 5.70 Å². The maximum atomic E-state index is 13.3. The van der Waals surface area contributed by atoms with Crippen LogP contribution in [0, 0.1) is 5.82 Å². The molecule has 0 bridgehead atoms. The van der Waals surface area contributed by atoms with E-state index in [0.29, 0.717) is 36.8 Å². The van der Waals surface area contributed by atoms with Crippen LogP contribution < -0.4 is 16.8 Å². The predicted molar refractivity (Wildman–Crippen MR) is 116 cm³/mol. The minimum atomic E-state index is -0.522. The zero-order valence-corrected chi connectivity index (χ0v) is 17.9. The van der Waals surface area contributed by atoms with Crippen molar-refractivity contribution >= 4 is 23.8 Å². The minimum Gasteiger partial charge on any atom is -0.398 e. The molecule has 0 saturated heterocycles. The van der Waals surface area contributed by atoms with Crippen LogP contribution in [0.3, 0.4) is 0 Å². The molecule has 10 heteroatoms. The van der Waals surface area contributed by atoms with Gasteiger partial charge < -0.3 is 26.6 Å². The SMILES string of the molecule is CN(C(=O)C1=C(C=O)CCCN1CC(=O)N/C(N)=C/C=C(\N)c1cncc(F)c1)C1CC1. The summed E-state index contributed by atoms with van der Waals surface area (Å²) >= 11 is 0. The van der Waals surface area contributed by atoms with Crippen molar-refractivity contribution in [2.45, 2.75) is 31.7 Å². The fraction of sp³-hybridized carbons (Fsp3) is 0.364. The number of halogens is 1. The number of nitrogens with two attached hydrogens (primary N) is 2. The predicted octanol–water partition coefficient (Wildman–Crippen LogP) is 0.606. The smallest absolute Gasteiger partial charge is 0.270 e. The molecule has 1 fully saturated rings. The van der Waals surface area contributed by atoms with Gasteiger partial charge in [0, 0.05) is 42.7 Å². The third kappa shape index (κ3) is 5.71. The summed E-state index contributed by atoms with van der Waals surface area (Å²) < 4.78 is 13.3. The highest BCUT2D eigenvalue weighted by molar-refractivity contribution is 5.99. The molecule has 9 nitrogen and oxygen atoms in total. The van der Waals surface area contributed by atoms with Crippen molar-refractivity contribution in [1.82, 2.24) is 20.1 Å². The summed E-state index contributed by atoms with van der Waals surface area (Å²) in [6.07, 6.45) is 9.02. The molecule has 1 aliphatic carbocycles. The van der Waals surface area contributed by atoms with E-state index >= 15 is 0 Å². The fourth-order valence-electron chi connectivity index (χ4n) is 3.49. The van der Waals surface area contributed by atoms with Crippen molar-refractivity contribution in [1.29, 1.82) is 0 Å². The summed E-state index contributed by atoms with van der Waals surface area (Å²) in [7, 11) is 1.72. The van der Waals surface area contributed by atoms with Gasteiger partial charge in [-0.1, -0.05) is 0 Å². The Bertz CT molecular complexity index is 999. The Kier molecular flexibility index (Phi) is 7.24. The lowest BCUT2D eigenvalue weighted by molar-refractivity contribution is -0.129. The van der Waals surface area contributed by atoms with Crippen LogP contribution in [0.15, 0.2) is 47.7 Å². The van der Waals surface area contributed by atoms with Gasteiger partial charge in [0.25, 0.3) is 5.91 Å². The van der Waals surface area contributed by atoms with Gasteiger partial charge in [0.2, 0.25) is 5.91 Å². The van der Waals surface area contributed by atoms with Gasteiger partial charge in [0.05, 0.1) is 12.7 Å². The Balaban J connectivity index is 1.66. The molecule has 32 heavy (non-hydrogen) atoms. The van der Waals surface area contributed by atoms with E-state index < -0.39 is 11.7 Å². The topological polar surface area (TPSA) is 135 Å². The van der Waals surface area contributed by atoms with Crippen LogP contribution in [-0.4, -0.2) is 59.1 Å². The van der Waals surface area contributed by atoms with Gasteiger partial charge in [-0.25, -0.2) is 4.39 Å². The third-order valence-corrected chi connectivity index (χ3v) is 5.35. The van der Waals surface area contributed by atoms with Crippen LogP contribution >= 0.6 is 0 Å². The molecule has 2 heterocycles. The second-order valence-electron chi connectivity index (χ2n) is 7.85. The van der Waals surface area contributed by atoms with E-state index in [2.05, 4.69) is 10.3 Å². The average molecular weight is 442 g/mol. The minimum absolute atomic E-state index is 0.0295. The average Bonchev–Trinajstić information content (AvgIpc) is 3.61.